The van der Waals surface area contributed by atoms with E-state index in [-0.39, 0.29) is 0 Å². The maximum atomic E-state index is 11.2. The molecule has 0 radical (unpaired) electrons. The molecule has 0 fully saturated rings. The topological polar surface area (TPSA) is 57.0 Å². The van der Waals surface area contributed by atoms with Crippen molar-refractivity contribution in [2.75, 3.05) is 6.61 Å². The van der Waals surface area contributed by atoms with Crippen LogP contribution in [0.4, 0.5) is 0 Å². The number of carbonyl (C=O) groups excluding carboxylic acids is 1. The second kappa shape index (κ2) is 10.9. The van der Waals surface area contributed by atoms with Gasteiger partial charge in [-0.15, -0.1) is 5.10 Å². The molecule has 1 aromatic heterocycles. The molecule has 0 bridgehead atoms. The van der Waals surface area contributed by atoms with E-state index in [2.05, 4.69) is 10.1 Å². The molecule has 0 amide bonds. The van der Waals surface area contributed by atoms with Crippen molar-refractivity contribution < 1.29 is 9.53 Å². The van der Waals surface area contributed by atoms with Crippen LogP contribution in [0.15, 0.2) is 41.7 Å². The zero-order valence-electron chi connectivity index (χ0n) is 14.0. The SMILES string of the molecule is C/C=C(\C)Cl.CCOC(=O)/C=C\n1cnc(-c2cc(Cl)cc(Cl)c2)n1. The van der Waals surface area contributed by atoms with Crippen LogP contribution in [0, 0.1) is 0 Å². The molecule has 0 atom stereocenters. The van der Waals surface area contributed by atoms with E-state index in [4.69, 9.17) is 39.5 Å². The standard InChI is InChI=1S/C13H11Cl2N3O2.C4H7Cl/c1-2-20-12(19)3-4-18-8-16-13(17-18)9-5-10(14)7-11(15)6-9;1-3-4(2)5/h3-8H,2H2,1H3;3H,1-2H3/b4-3-;4-3+. The summed E-state index contributed by atoms with van der Waals surface area (Å²) in [5.74, 6) is 0.0262. The van der Waals surface area contributed by atoms with E-state index >= 15 is 0 Å². The molecule has 8 heteroatoms. The summed E-state index contributed by atoms with van der Waals surface area (Å²) < 4.78 is 6.17. The Kier molecular flexibility index (Phi) is 9.27. The summed E-state index contributed by atoms with van der Waals surface area (Å²) in [6.07, 6.45) is 6.05. The number of allylic oxidation sites excluding steroid dienone is 2. The Morgan fingerprint density at radius 2 is 1.88 bits per heavy atom. The van der Waals surface area contributed by atoms with E-state index in [1.807, 2.05) is 19.9 Å². The Morgan fingerprint density at radius 1 is 1.28 bits per heavy atom. The first-order valence-electron chi connectivity index (χ1n) is 7.36. The fourth-order valence-corrected chi connectivity index (χ4v) is 2.02. The quantitative estimate of drug-likeness (QED) is 0.505. The molecule has 0 saturated carbocycles. The summed E-state index contributed by atoms with van der Waals surface area (Å²) in [5, 5.41) is 6.05. The molecular weight excluding hydrogens is 385 g/mol. The smallest absolute Gasteiger partial charge is 0.332 e. The summed E-state index contributed by atoms with van der Waals surface area (Å²) in [4.78, 5) is 15.3. The third-order valence-electron chi connectivity index (χ3n) is 2.68. The third-order valence-corrected chi connectivity index (χ3v) is 3.33. The van der Waals surface area contributed by atoms with Crippen molar-refractivity contribution in [2.45, 2.75) is 20.8 Å². The number of rotatable bonds is 4. The van der Waals surface area contributed by atoms with Crippen LogP contribution in [-0.2, 0) is 9.53 Å². The first-order chi connectivity index (χ1) is 11.8. The van der Waals surface area contributed by atoms with E-state index in [1.165, 1.54) is 23.3 Å². The van der Waals surface area contributed by atoms with Crippen LogP contribution in [0.2, 0.25) is 10.0 Å². The Hall–Kier alpha value is -1.82. The summed E-state index contributed by atoms with van der Waals surface area (Å²) in [6, 6.07) is 5.05. The minimum absolute atomic E-state index is 0.326. The predicted octanol–water partition coefficient (Wildman–Crippen LogP) is 5.43. The van der Waals surface area contributed by atoms with Gasteiger partial charge in [-0.3, -0.25) is 0 Å². The van der Waals surface area contributed by atoms with Gasteiger partial charge in [-0.05, 0) is 39.0 Å². The molecule has 25 heavy (non-hydrogen) atoms. The summed E-state index contributed by atoms with van der Waals surface area (Å²) in [7, 11) is 0. The molecular formula is C17H18Cl3N3O2. The van der Waals surface area contributed by atoms with Crippen LogP contribution in [0.25, 0.3) is 17.6 Å². The summed E-state index contributed by atoms with van der Waals surface area (Å²) in [5.41, 5.74) is 0.700. The Balaban J connectivity index is 0.000000550. The Labute approximate surface area is 161 Å². The van der Waals surface area contributed by atoms with E-state index < -0.39 is 5.97 Å². The lowest BCUT2D eigenvalue weighted by molar-refractivity contribution is -0.137. The van der Waals surface area contributed by atoms with Gasteiger partial charge in [0.1, 0.15) is 6.33 Å². The minimum Gasteiger partial charge on any atom is -0.463 e. The number of esters is 1. The first-order valence-corrected chi connectivity index (χ1v) is 8.50. The van der Waals surface area contributed by atoms with Gasteiger partial charge in [-0.2, -0.15) is 0 Å². The predicted molar refractivity (Wildman–Crippen MR) is 103 cm³/mol. The van der Waals surface area contributed by atoms with Crippen molar-refractivity contribution in [3.63, 3.8) is 0 Å². The van der Waals surface area contributed by atoms with Gasteiger partial charge in [0, 0.05) is 32.9 Å². The van der Waals surface area contributed by atoms with Crippen molar-refractivity contribution in [3.8, 4) is 11.4 Å². The Morgan fingerprint density at radius 3 is 2.40 bits per heavy atom. The molecule has 1 heterocycles. The zero-order valence-corrected chi connectivity index (χ0v) is 16.3. The van der Waals surface area contributed by atoms with Crippen LogP contribution in [0.3, 0.4) is 0 Å². The molecule has 2 rings (SSSR count). The normalized spacial score (nSPS) is 11.2. The van der Waals surface area contributed by atoms with E-state index in [9.17, 15) is 4.79 Å². The molecule has 0 spiro atoms. The van der Waals surface area contributed by atoms with Crippen LogP contribution in [-0.4, -0.2) is 27.3 Å². The molecule has 5 nitrogen and oxygen atoms in total. The average molecular weight is 403 g/mol. The molecule has 0 aliphatic carbocycles. The van der Waals surface area contributed by atoms with Crippen molar-refractivity contribution >= 4 is 47.0 Å². The lowest BCUT2D eigenvalue weighted by atomic mass is 10.2. The number of benzene rings is 1. The highest BCUT2D eigenvalue weighted by Gasteiger charge is 2.06. The van der Waals surface area contributed by atoms with Gasteiger partial charge < -0.3 is 4.74 Å². The fourth-order valence-electron chi connectivity index (χ4n) is 1.49. The van der Waals surface area contributed by atoms with Crippen molar-refractivity contribution in [2.24, 2.45) is 0 Å². The lowest BCUT2D eigenvalue weighted by Gasteiger charge is -1.98. The van der Waals surface area contributed by atoms with Crippen molar-refractivity contribution in [1.82, 2.24) is 14.8 Å². The average Bonchev–Trinajstić information content (AvgIpc) is 3.02. The second-order valence-corrected chi connectivity index (χ2v) is 6.12. The monoisotopic (exact) mass is 401 g/mol. The van der Waals surface area contributed by atoms with Gasteiger partial charge in [0.2, 0.25) is 0 Å². The highest BCUT2D eigenvalue weighted by atomic mass is 35.5. The van der Waals surface area contributed by atoms with Crippen LogP contribution >= 0.6 is 34.8 Å². The molecule has 0 aliphatic heterocycles. The largest absolute Gasteiger partial charge is 0.463 e. The second-order valence-electron chi connectivity index (χ2n) is 4.65. The number of nitrogens with zero attached hydrogens (tertiary/aromatic N) is 3. The minimum atomic E-state index is -0.435. The maximum Gasteiger partial charge on any atom is 0.332 e. The number of ether oxygens (including phenoxy) is 1. The van der Waals surface area contributed by atoms with E-state index in [1.54, 1.807) is 25.1 Å². The number of aromatic nitrogens is 3. The van der Waals surface area contributed by atoms with Gasteiger partial charge in [0.25, 0.3) is 0 Å². The molecule has 0 saturated heterocycles. The highest BCUT2D eigenvalue weighted by molar-refractivity contribution is 6.35. The maximum absolute atomic E-state index is 11.2. The van der Waals surface area contributed by atoms with Crippen molar-refractivity contribution in [1.29, 1.82) is 0 Å². The summed E-state index contributed by atoms with van der Waals surface area (Å²) in [6.45, 7) is 5.82. The van der Waals surface area contributed by atoms with E-state index in [0.717, 1.165) is 5.03 Å². The van der Waals surface area contributed by atoms with E-state index in [0.29, 0.717) is 28.0 Å². The third kappa shape index (κ3) is 8.20. The zero-order chi connectivity index (χ0) is 18.8. The first kappa shape index (κ1) is 21.2. The molecule has 0 unspecified atom stereocenters. The van der Waals surface area contributed by atoms with Gasteiger partial charge in [-0.1, -0.05) is 40.9 Å². The number of carbonyl (C=O) groups is 1. The van der Waals surface area contributed by atoms with Gasteiger partial charge >= 0.3 is 5.97 Å². The highest BCUT2D eigenvalue weighted by Crippen LogP contribution is 2.24. The number of halogens is 3. The molecule has 2 aromatic rings. The van der Waals surface area contributed by atoms with Crippen molar-refractivity contribution in [3.05, 3.63) is 51.8 Å². The van der Waals surface area contributed by atoms with Gasteiger partial charge in [0.15, 0.2) is 5.82 Å². The van der Waals surface area contributed by atoms with Gasteiger partial charge in [-0.25, -0.2) is 14.5 Å². The van der Waals surface area contributed by atoms with Crippen LogP contribution < -0.4 is 0 Å². The lowest BCUT2D eigenvalue weighted by Crippen LogP contribution is -2.00. The van der Waals surface area contributed by atoms with Gasteiger partial charge in [0.05, 0.1) is 6.61 Å². The fraction of sp³-hybridized carbons (Fsp3) is 0.235. The number of hydrogen-bond donors (Lipinski definition) is 0. The molecule has 1 aromatic carbocycles. The Bertz CT molecular complexity index is 746. The molecule has 0 N–H and O–H groups in total. The van der Waals surface area contributed by atoms with Crippen LogP contribution in [0.1, 0.15) is 20.8 Å². The summed E-state index contributed by atoms with van der Waals surface area (Å²) >= 11 is 17.2. The number of hydrogen-bond acceptors (Lipinski definition) is 4. The molecule has 0 aliphatic rings. The molecule has 134 valence electrons. The van der Waals surface area contributed by atoms with Crippen LogP contribution in [0.5, 0.6) is 0 Å².